The standard InChI is InChI=1S/C29H41FN5O3S3.Mn/c30-25-8-6-24(7-9-25)29-22-26(33-35(29)27-10-12-28(13-11-27)41(31,36)37)23-38-19-5-3-1-2-4-16-34(18-21-40)17-14-32-15-20-39;/h6-13,22,39-40H,1-5,14-21,23H2,(H2,31,36,37);/q-1;/p-2. The van der Waals surface area contributed by atoms with Crippen molar-refractivity contribution in [1.29, 1.82) is 0 Å². The first-order valence-electron chi connectivity index (χ1n) is 13.9. The average Bonchev–Trinajstić information content (AvgIpc) is 3.38. The monoisotopic (exact) mass is 675 g/mol. The fraction of sp³-hybridized carbons (Fsp3) is 0.483. The quantitative estimate of drug-likeness (QED) is 0.106. The third-order valence-corrected chi connectivity index (χ3v) is 7.85. The van der Waals surface area contributed by atoms with Crippen molar-refractivity contribution < 1.29 is 34.6 Å². The van der Waals surface area contributed by atoms with Crippen molar-refractivity contribution in [2.75, 3.05) is 50.8 Å². The van der Waals surface area contributed by atoms with Crippen LogP contribution in [0.2, 0.25) is 0 Å². The molecule has 3 rings (SSSR count). The van der Waals surface area contributed by atoms with Gasteiger partial charge in [0.1, 0.15) is 5.82 Å². The smallest absolute Gasteiger partial charge is 0.238 e. The van der Waals surface area contributed by atoms with Gasteiger partial charge in [-0.15, -0.1) is 6.54 Å². The number of ether oxygens (including phenoxy) is 1. The van der Waals surface area contributed by atoms with E-state index in [0.717, 1.165) is 81.1 Å². The van der Waals surface area contributed by atoms with E-state index < -0.39 is 10.0 Å². The van der Waals surface area contributed by atoms with Crippen molar-refractivity contribution in [3.63, 3.8) is 0 Å². The summed E-state index contributed by atoms with van der Waals surface area (Å²) >= 11 is 10.1. The number of primary sulfonamides is 1. The topological polar surface area (TPSA) is 105 Å². The third-order valence-electron chi connectivity index (χ3n) is 6.55. The molecule has 0 saturated heterocycles. The summed E-state index contributed by atoms with van der Waals surface area (Å²) < 4.78 is 44.4. The maximum atomic E-state index is 13.5. The van der Waals surface area contributed by atoms with E-state index in [2.05, 4.69) is 15.3 Å². The number of sulfonamides is 1. The number of nitrogens with two attached hydrogens (primary N) is 1. The van der Waals surface area contributed by atoms with E-state index in [1.165, 1.54) is 30.7 Å². The van der Waals surface area contributed by atoms with Crippen LogP contribution in [0.3, 0.4) is 0 Å². The molecule has 0 fully saturated rings. The average molecular weight is 676 g/mol. The Labute approximate surface area is 271 Å². The molecule has 1 heterocycles. The Balaban J connectivity index is 0.00000616. The van der Waals surface area contributed by atoms with Gasteiger partial charge in [-0.05, 0) is 87.1 Å². The van der Waals surface area contributed by atoms with Gasteiger partial charge in [0, 0.05) is 29.2 Å². The van der Waals surface area contributed by atoms with Crippen molar-refractivity contribution in [2.24, 2.45) is 5.14 Å². The Hall–Kier alpha value is -1.41. The molecular formula is C29H39FMnN5O3S3-3. The molecule has 0 atom stereocenters. The van der Waals surface area contributed by atoms with Crippen LogP contribution in [0.15, 0.2) is 59.5 Å². The van der Waals surface area contributed by atoms with E-state index in [0.29, 0.717) is 24.7 Å². The van der Waals surface area contributed by atoms with Gasteiger partial charge in [-0.3, -0.25) is 0 Å². The summed E-state index contributed by atoms with van der Waals surface area (Å²) in [6.45, 7) is 5.51. The fourth-order valence-corrected chi connectivity index (χ4v) is 5.30. The number of aromatic nitrogens is 2. The van der Waals surface area contributed by atoms with E-state index in [4.69, 9.17) is 35.1 Å². The largest absolute Gasteiger partial charge is 0.794 e. The van der Waals surface area contributed by atoms with Crippen molar-refractivity contribution in [2.45, 2.75) is 43.6 Å². The normalized spacial score (nSPS) is 11.6. The predicted molar refractivity (Wildman–Crippen MR) is 167 cm³/mol. The molecule has 0 aliphatic rings. The predicted octanol–water partition coefficient (Wildman–Crippen LogP) is 4.56. The molecule has 0 aliphatic carbocycles. The molecule has 0 spiro atoms. The Morgan fingerprint density at radius 3 is 2.26 bits per heavy atom. The van der Waals surface area contributed by atoms with Gasteiger partial charge in [0.2, 0.25) is 10.0 Å². The summed E-state index contributed by atoms with van der Waals surface area (Å²) in [5.74, 6) is 1.10. The van der Waals surface area contributed by atoms with Crippen molar-refractivity contribution in [3.8, 4) is 16.9 Å². The number of hydrogen-bond donors (Lipinski definition) is 1. The molecule has 8 nitrogen and oxygen atoms in total. The zero-order chi connectivity index (χ0) is 29.5. The van der Waals surface area contributed by atoms with Crippen LogP contribution >= 0.6 is 0 Å². The van der Waals surface area contributed by atoms with E-state index in [1.807, 2.05) is 6.07 Å². The van der Waals surface area contributed by atoms with Crippen LogP contribution in [0, 0.1) is 5.82 Å². The second-order valence-electron chi connectivity index (χ2n) is 9.72. The van der Waals surface area contributed by atoms with Gasteiger partial charge >= 0.3 is 0 Å². The molecule has 42 heavy (non-hydrogen) atoms. The van der Waals surface area contributed by atoms with Crippen molar-refractivity contribution >= 4 is 35.3 Å². The first kappa shape index (κ1) is 36.8. The van der Waals surface area contributed by atoms with E-state index in [9.17, 15) is 12.8 Å². The second kappa shape index (κ2) is 19.8. The molecule has 0 saturated carbocycles. The molecule has 233 valence electrons. The molecule has 0 amide bonds. The maximum Gasteiger partial charge on any atom is 0.238 e. The van der Waals surface area contributed by atoms with Crippen LogP contribution < -0.4 is 5.14 Å². The van der Waals surface area contributed by atoms with Crippen LogP contribution in [0.5, 0.6) is 0 Å². The first-order chi connectivity index (χ1) is 19.8. The van der Waals surface area contributed by atoms with E-state index >= 15 is 0 Å². The molecule has 1 aromatic heterocycles. The van der Waals surface area contributed by atoms with Gasteiger partial charge in [-0.1, -0.05) is 19.3 Å². The summed E-state index contributed by atoms with van der Waals surface area (Å²) in [5, 5.41) is 14.4. The van der Waals surface area contributed by atoms with Gasteiger partial charge in [0.25, 0.3) is 0 Å². The molecule has 0 unspecified atom stereocenters. The number of benzene rings is 2. The van der Waals surface area contributed by atoms with E-state index in [1.54, 1.807) is 28.9 Å². The molecular weight excluding hydrogens is 636 g/mol. The molecule has 0 aliphatic heterocycles. The van der Waals surface area contributed by atoms with Gasteiger partial charge in [0.15, 0.2) is 0 Å². The zero-order valence-electron chi connectivity index (χ0n) is 23.7. The van der Waals surface area contributed by atoms with Crippen molar-refractivity contribution in [1.82, 2.24) is 14.7 Å². The maximum absolute atomic E-state index is 13.5. The molecule has 13 heteroatoms. The van der Waals surface area contributed by atoms with Gasteiger partial charge in [-0.2, -0.15) is 23.1 Å². The summed E-state index contributed by atoms with van der Waals surface area (Å²) in [5.41, 5.74) is 2.89. The zero-order valence-corrected chi connectivity index (χ0v) is 27.3. The third kappa shape index (κ3) is 12.7. The number of rotatable bonds is 20. The first-order valence-corrected chi connectivity index (χ1v) is 16.6. The SMILES string of the molecule is NS(=O)(=O)c1ccc(-n2nc(COCCCCCCCN(CC[S-])CC[N-]CC[S-])cc2-c2ccc(F)cc2)cc1.[Mn]. The molecule has 3 aromatic rings. The van der Waals surface area contributed by atoms with Crippen LogP contribution in [-0.4, -0.2) is 73.9 Å². The molecule has 1 radical (unpaired) electrons. The van der Waals surface area contributed by atoms with E-state index in [-0.39, 0.29) is 27.8 Å². The number of halogens is 1. The Morgan fingerprint density at radius 2 is 1.60 bits per heavy atom. The summed E-state index contributed by atoms with van der Waals surface area (Å²) in [4.78, 5) is 2.42. The van der Waals surface area contributed by atoms with Crippen LogP contribution in [0.1, 0.15) is 37.8 Å². The van der Waals surface area contributed by atoms with Crippen LogP contribution in [0.25, 0.3) is 22.3 Å². The summed E-state index contributed by atoms with van der Waals surface area (Å²) in [7, 11) is -3.80. The van der Waals surface area contributed by atoms with Crippen LogP contribution in [0.4, 0.5) is 4.39 Å². The second-order valence-corrected chi connectivity index (χ2v) is 12.1. The summed E-state index contributed by atoms with van der Waals surface area (Å²) in [6, 6.07) is 14.2. The molecule has 2 N–H and O–H groups in total. The van der Waals surface area contributed by atoms with Gasteiger partial charge in [-0.25, -0.2) is 22.6 Å². The molecule has 0 bridgehead atoms. The Bertz CT molecular complexity index is 1280. The van der Waals surface area contributed by atoms with Crippen molar-refractivity contribution in [3.05, 3.63) is 71.4 Å². The minimum Gasteiger partial charge on any atom is -0.794 e. The minimum absolute atomic E-state index is 0. The van der Waals surface area contributed by atoms with Gasteiger partial charge < -0.3 is 40.2 Å². The number of nitrogens with zero attached hydrogens (tertiary/aromatic N) is 4. The van der Waals surface area contributed by atoms with Gasteiger partial charge in [0.05, 0.1) is 28.6 Å². The fourth-order valence-electron chi connectivity index (χ4n) is 4.40. The van der Waals surface area contributed by atoms with Crippen LogP contribution in [-0.2, 0) is 63.7 Å². The summed E-state index contributed by atoms with van der Waals surface area (Å²) in [6.07, 6.45) is 5.55. The number of hydrogen-bond acceptors (Lipinski definition) is 7. The Morgan fingerprint density at radius 1 is 0.905 bits per heavy atom. The molecule has 2 aromatic carbocycles. The minimum atomic E-state index is -3.80. The Kier molecular flexibility index (Phi) is 17.3. The number of unbranched alkanes of at least 4 members (excludes halogenated alkanes) is 4.